The molecule has 0 fully saturated rings. The molecule has 4 N–H and O–H groups in total. The van der Waals surface area contributed by atoms with Crippen LogP contribution >= 0.6 is 0 Å². The summed E-state index contributed by atoms with van der Waals surface area (Å²) in [7, 11) is 0. The molecule has 0 spiro atoms. The van der Waals surface area contributed by atoms with Crippen LogP contribution in [0.3, 0.4) is 0 Å². The lowest BCUT2D eigenvalue weighted by atomic mass is 10.0. The van der Waals surface area contributed by atoms with Gasteiger partial charge in [0.1, 0.15) is 12.0 Å². The van der Waals surface area contributed by atoms with Crippen molar-refractivity contribution in [3.05, 3.63) is 65.8 Å². The van der Waals surface area contributed by atoms with E-state index in [4.69, 9.17) is 15.9 Å². The average molecular weight is 354 g/mol. The Morgan fingerprint density at radius 1 is 0.923 bits per heavy atom. The molecule has 0 saturated carbocycles. The number of aromatic nitrogens is 2. The maximum atomic E-state index is 6.19. The molecule has 2 heterocycles. The monoisotopic (exact) mass is 354 g/mol. The molecule has 0 bridgehead atoms. The second-order valence-electron chi connectivity index (χ2n) is 5.08. The van der Waals surface area contributed by atoms with Gasteiger partial charge in [0, 0.05) is 6.54 Å². The molecule has 0 aliphatic heterocycles. The van der Waals surface area contributed by atoms with Gasteiger partial charge in [0.15, 0.2) is 5.76 Å². The number of benzene rings is 1. The molecule has 140 valence electrons. The molecule has 5 nitrogen and oxygen atoms in total. The maximum absolute atomic E-state index is 6.19. The molecule has 0 radical (unpaired) electrons. The van der Waals surface area contributed by atoms with Crippen LogP contribution in [0.1, 0.15) is 44.5 Å². The molecule has 5 heteroatoms. The van der Waals surface area contributed by atoms with E-state index in [2.05, 4.69) is 22.1 Å². The highest BCUT2D eigenvalue weighted by Gasteiger charge is 2.12. The van der Waals surface area contributed by atoms with Crippen LogP contribution in [0.25, 0.3) is 11.5 Å². The number of rotatable bonds is 5. The summed E-state index contributed by atoms with van der Waals surface area (Å²) in [6.07, 6.45) is 4.73. The Labute approximate surface area is 156 Å². The van der Waals surface area contributed by atoms with Crippen LogP contribution in [-0.2, 0) is 19.4 Å². The maximum Gasteiger partial charge on any atom is 0.154 e. The van der Waals surface area contributed by atoms with Crippen molar-refractivity contribution >= 4 is 5.69 Å². The van der Waals surface area contributed by atoms with Crippen molar-refractivity contribution in [3.63, 3.8) is 0 Å². The summed E-state index contributed by atoms with van der Waals surface area (Å²) in [5.74, 6) is 0.659. The number of hydrogen-bond acceptors (Lipinski definition) is 5. The number of hydrogen-bond donors (Lipinski definition) is 2. The lowest BCUT2D eigenvalue weighted by Gasteiger charge is -2.08. The molecule has 0 amide bonds. The molecule has 0 aliphatic rings. The Balaban J connectivity index is 0.000000791. The van der Waals surface area contributed by atoms with Gasteiger partial charge in [-0.3, -0.25) is 0 Å². The minimum atomic E-state index is 0.548. The first kappa shape index (κ1) is 21.4. The summed E-state index contributed by atoms with van der Waals surface area (Å²) in [5, 5.41) is 0. The lowest BCUT2D eigenvalue weighted by molar-refractivity contribution is 0.580. The number of nitrogens with zero attached hydrogens (tertiary/aromatic N) is 2. The standard InChI is InChI=1S/C17H18N4O.2C2H6/c18-10-13-4-1-3-12(9-13)6-7-14-16(19)17(21-11-20-14)15-5-2-8-22-15;2*1-2/h1-5,8-9,11H,6-7,10,18-19H2;2*1-2H3. The minimum absolute atomic E-state index is 0.548. The first-order valence-corrected chi connectivity index (χ1v) is 9.19. The fourth-order valence-corrected chi connectivity index (χ4v) is 2.42. The van der Waals surface area contributed by atoms with E-state index >= 15 is 0 Å². The van der Waals surface area contributed by atoms with Gasteiger partial charge in [-0.05, 0) is 36.1 Å². The average Bonchev–Trinajstić information content (AvgIpc) is 3.25. The second-order valence-corrected chi connectivity index (χ2v) is 5.08. The van der Waals surface area contributed by atoms with E-state index in [1.807, 2.05) is 52.0 Å². The van der Waals surface area contributed by atoms with E-state index < -0.39 is 0 Å². The van der Waals surface area contributed by atoms with Crippen molar-refractivity contribution in [1.29, 1.82) is 0 Å². The molecule has 0 aliphatic carbocycles. The van der Waals surface area contributed by atoms with Crippen molar-refractivity contribution < 1.29 is 4.42 Å². The summed E-state index contributed by atoms with van der Waals surface area (Å²) in [5.41, 5.74) is 16.3. The molecule has 3 aromatic rings. The third-order valence-electron chi connectivity index (χ3n) is 3.60. The third-order valence-corrected chi connectivity index (χ3v) is 3.60. The van der Waals surface area contributed by atoms with E-state index in [0.29, 0.717) is 23.7 Å². The van der Waals surface area contributed by atoms with Crippen molar-refractivity contribution in [2.24, 2.45) is 5.73 Å². The molecule has 3 rings (SSSR count). The first-order valence-electron chi connectivity index (χ1n) is 9.19. The van der Waals surface area contributed by atoms with E-state index in [1.165, 1.54) is 11.9 Å². The Morgan fingerprint density at radius 2 is 1.65 bits per heavy atom. The number of nitrogens with two attached hydrogens (primary N) is 2. The van der Waals surface area contributed by atoms with Crippen LogP contribution in [-0.4, -0.2) is 9.97 Å². The summed E-state index contributed by atoms with van der Waals surface area (Å²) >= 11 is 0. The quantitative estimate of drug-likeness (QED) is 0.698. The van der Waals surface area contributed by atoms with Gasteiger partial charge < -0.3 is 15.9 Å². The van der Waals surface area contributed by atoms with Crippen LogP contribution < -0.4 is 11.5 Å². The molecule has 0 saturated heterocycles. The molecular weight excluding hydrogens is 324 g/mol. The van der Waals surface area contributed by atoms with Gasteiger partial charge in [0.2, 0.25) is 0 Å². The zero-order chi connectivity index (χ0) is 19.4. The van der Waals surface area contributed by atoms with Crippen LogP contribution in [0, 0.1) is 0 Å². The van der Waals surface area contributed by atoms with Crippen molar-refractivity contribution in [1.82, 2.24) is 9.97 Å². The van der Waals surface area contributed by atoms with Gasteiger partial charge in [-0.15, -0.1) is 0 Å². The second kappa shape index (κ2) is 11.8. The molecular formula is C21H30N4O. The Morgan fingerprint density at radius 3 is 2.31 bits per heavy atom. The van der Waals surface area contributed by atoms with E-state index in [0.717, 1.165) is 24.1 Å². The smallest absolute Gasteiger partial charge is 0.154 e. The van der Waals surface area contributed by atoms with Gasteiger partial charge in [0.05, 0.1) is 17.6 Å². The Bertz CT molecular complexity index is 754. The molecule has 26 heavy (non-hydrogen) atoms. The highest BCUT2D eigenvalue weighted by atomic mass is 16.3. The molecule has 0 unspecified atom stereocenters. The predicted octanol–water partition coefficient (Wildman–Crippen LogP) is 4.62. The summed E-state index contributed by atoms with van der Waals surface area (Å²) < 4.78 is 5.36. The number of aryl methyl sites for hydroxylation is 2. The predicted molar refractivity (Wildman–Crippen MR) is 109 cm³/mol. The molecule has 0 atom stereocenters. The van der Waals surface area contributed by atoms with Crippen LogP contribution in [0.4, 0.5) is 5.69 Å². The molecule has 2 aromatic heterocycles. The summed E-state index contributed by atoms with van der Waals surface area (Å²) in [6, 6.07) is 11.9. The molecule has 1 aromatic carbocycles. The SMILES string of the molecule is CC.CC.NCc1cccc(CCc2ncnc(-c3ccco3)c2N)c1. The van der Waals surface area contributed by atoms with E-state index in [9.17, 15) is 0 Å². The zero-order valence-electron chi connectivity index (χ0n) is 16.2. The van der Waals surface area contributed by atoms with Gasteiger partial charge >= 0.3 is 0 Å². The fourth-order valence-electron chi connectivity index (χ4n) is 2.42. The van der Waals surface area contributed by atoms with E-state index in [1.54, 1.807) is 6.26 Å². The fraction of sp³-hybridized carbons (Fsp3) is 0.333. The number of furan rings is 1. The van der Waals surface area contributed by atoms with Crippen LogP contribution in [0.15, 0.2) is 53.4 Å². The first-order chi connectivity index (χ1) is 12.8. The highest BCUT2D eigenvalue weighted by molar-refractivity contribution is 5.69. The lowest BCUT2D eigenvalue weighted by Crippen LogP contribution is -2.04. The topological polar surface area (TPSA) is 91.0 Å². The van der Waals surface area contributed by atoms with Gasteiger partial charge in [-0.2, -0.15) is 0 Å². The van der Waals surface area contributed by atoms with Gasteiger partial charge in [-0.1, -0.05) is 52.0 Å². The minimum Gasteiger partial charge on any atom is -0.463 e. The van der Waals surface area contributed by atoms with Crippen molar-refractivity contribution in [2.45, 2.75) is 47.1 Å². The van der Waals surface area contributed by atoms with Crippen molar-refractivity contribution in [3.8, 4) is 11.5 Å². The number of anilines is 1. The van der Waals surface area contributed by atoms with Gasteiger partial charge in [-0.25, -0.2) is 9.97 Å². The summed E-state index contributed by atoms with van der Waals surface area (Å²) in [4.78, 5) is 8.52. The van der Waals surface area contributed by atoms with Crippen LogP contribution in [0.2, 0.25) is 0 Å². The largest absolute Gasteiger partial charge is 0.463 e. The van der Waals surface area contributed by atoms with Gasteiger partial charge in [0.25, 0.3) is 0 Å². The zero-order valence-corrected chi connectivity index (χ0v) is 16.2. The van der Waals surface area contributed by atoms with E-state index in [-0.39, 0.29) is 0 Å². The Hall–Kier alpha value is -2.66. The highest BCUT2D eigenvalue weighted by Crippen LogP contribution is 2.26. The normalized spacial score (nSPS) is 9.58. The third kappa shape index (κ3) is 5.70. The van der Waals surface area contributed by atoms with Crippen LogP contribution in [0.5, 0.6) is 0 Å². The number of nitrogen functional groups attached to an aromatic ring is 1. The Kier molecular flexibility index (Phi) is 9.72. The summed E-state index contributed by atoms with van der Waals surface area (Å²) in [6.45, 7) is 8.55. The van der Waals surface area contributed by atoms with Crippen molar-refractivity contribution in [2.75, 3.05) is 5.73 Å².